The van der Waals surface area contributed by atoms with E-state index >= 15 is 0 Å². The van der Waals surface area contributed by atoms with Gasteiger partial charge in [0.2, 0.25) is 5.91 Å². The Balaban J connectivity index is 1.62. The highest BCUT2D eigenvalue weighted by molar-refractivity contribution is 7.09. The van der Waals surface area contributed by atoms with Gasteiger partial charge in [0.15, 0.2) is 0 Å². The summed E-state index contributed by atoms with van der Waals surface area (Å²) in [6, 6.07) is 9.77. The van der Waals surface area contributed by atoms with Gasteiger partial charge in [-0.05, 0) is 36.1 Å². The van der Waals surface area contributed by atoms with Gasteiger partial charge < -0.3 is 5.32 Å². The Bertz CT molecular complexity index is 688. The van der Waals surface area contributed by atoms with E-state index in [0.29, 0.717) is 6.42 Å². The fourth-order valence-electron chi connectivity index (χ4n) is 1.94. The lowest BCUT2D eigenvalue weighted by atomic mass is 10.2. The largest absolute Gasteiger partial charge is 0.326 e. The van der Waals surface area contributed by atoms with Gasteiger partial charge in [-0.15, -0.1) is 11.3 Å². The molecule has 3 rings (SSSR count). The SMILES string of the molecule is O=C(CCc1cccs1)Nc1ccc2[nH]ncc2c1. The smallest absolute Gasteiger partial charge is 0.224 e. The van der Waals surface area contributed by atoms with Gasteiger partial charge in [-0.2, -0.15) is 5.10 Å². The van der Waals surface area contributed by atoms with Gasteiger partial charge in [0.1, 0.15) is 0 Å². The molecule has 0 unspecified atom stereocenters. The summed E-state index contributed by atoms with van der Waals surface area (Å²) in [5.74, 6) is 0.0382. The van der Waals surface area contributed by atoms with Crippen LogP contribution in [0.1, 0.15) is 11.3 Å². The molecule has 2 N–H and O–H groups in total. The number of rotatable bonds is 4. The molecule has 0 bridgehead atoms. The molecular weight excluding hydrogens is 258 g/mol. The van der Waals surface area contributed by atoms with E-state index < -0.39 is 0 Å². The first kappa shape index (κ1) is 11.9. The number of benzene rings is 1. The van der Waals surface area contributed by atoms with Crippen molar-refractivity contribution in [3.8, 4) is 0 Å². The van der Waals surface area contributed by atoms with Crippen LogP contribution in [0.5, 0.6) is 0 Å². The second-order valence-corrected chi connectivity index (χ2v) is 5.33. The summed E-state index contributed by atoms with van der Waals surface area (Å²) >= 11 is 1.68. The molecule has 0 radical (unpaired) electrons. The lowest BCUT2D eigenvalue weighted by molar-refractivity contribution is -0.116. The molecule has 0 aliphatic carbocycles. The molecule has 0 saturated carbocycles. The van der Waals surface area contributed by atoms with Crippen LogP contribution < -0.4 is 5.32 Å². The molecule has 19 heavy (non-hydrogen) atoms. The molecule has 4 nitrogen and oxygen atoms in total. The number of aryl methyl sites for hydroxylation is 1. The number of aromatic amines is 1. The maximum atomic E-state index is 11.9. The van der Waals surface area contributed by atoms with Crippen LogP contribution in [-0.2, 0) is 11.2 Å². The third kappa shape index (κ3) is 2.82. The van der Waals surface area contributed by atoms with Crippen LogP contribution in [0.25, 0.3) is 10.9 Å². The second kappa shape index (κ2) is 5.24. The predicted molar refractivity (Wildman–Crippen MR) is 77.4 cm³/mol. The highest BCUT2D eigenvalue weighted by Gasteiger charge is 2.05. The first-order valence-electron chi connectivity index (χ1n) is 6.06. The number of hydrogen-bond acceptors (Lipinski definition) is 3. The molecule has 2 aromatic heterocycles. The normalized spacial score (nSPS) is 10.7. The fourth-order valence-corrected chi connectivity index (χ4v) is 2.64. The van der Waals surface area contributed by atoms with Gasteiger partial charge in [-0.1, -0.05) is 6.07 Å². The summed E-state index contributed by atoms with van der Waals surface area (Å²) in [6.45, 7) is 0. The first-order valence-corrected chi connectivity index (χ1v) is 6.94. The molecule has 0 fully saturated rings. The highest BCUT2D eigenvalue weighted by atomic mass is 32.1. The van der Waals surface area contributed by atoms with Crippen molar-refractivity contribution in [1.29, 1.82) is 0 Å². The number of H-pyrrole nitrogens is 1. The van der Waals surface area contributed by atoms with Crippen molar-refractivity contribution in [2.75, 3.05) is 5.32 Å². The summed E-state index contributed by atoms with van der Waals surface area (Å²) in [5.41, 5.74) is 1.78. The second-order valence-electron chi connectivity index (χ2n) is 4.30. The monoisotopic (exact) mass is 271 g/mol. The summed E-state index contributed by atoms with van der Waals surface area (Å²) in [5, 5.41) is 12.8. The number of carbonyl (C=O) groups excluding carboxylic acids is 1. The Morgan fingerprint density at radius 3 is 3.16 bits per heavy atom. The van der Waals surface area contributed by atoms with Crippen LogP contribution >= 0.6 is 11.3 Å². The molecule has 96 valence electrons. The zero-order valence-corrected chi connectivity index (χ0v) is 11.0. The van der Waals surface area contributed by atoms with E-state index in [4.69, 9.17) is 0 Å². The molecule has 2 heterocycles. The maximum Gasteiger partial charge on any atom is 0.224 e. The van der Waals surface area contributed by atoms with Crippen molar-refractivity contribution in [3.63, 3.8) is 0 Å². The number of nitrogens with zero attached hydrogens (tertiary/aromatic N) is 1. The Morgan fingerprint density at radius 2 is 2.32 bits per heavy atom. The van der Waals surface area contributed by atoms with Crippen molar-refractivity contribution in [3.05, 3.63) is 46.8 Å². The van der Waals surface area contributed by atoms with Crippen LogP contribution in [0.2, 0.25) is 0 Å². The van der Waals surface area contributed by atoms with Crippen LogP contribution in [0.3, 0.4) is 0 Å². The summed E-state index contributed by atoms with van der Waals surface area (Å²) in [7, 11) is 0. The highest BCUT2D eigenvalue weighted by Crippen LogP contribution is 2.17. The predicted octanol–water partition coefficient (Wildman–Crippen LogP) is 3.20. The van der Waals surface area contributed by atoms with Gasteiger partial charge in [0.05, 0.1) is 11.7 Å². The Hall–Kier alpha value is -2.14. The van der Waals surface area contributed by atoms with Gasteiger partial charge >= 0.3 is 0 Å². The van der Waals surface area contributed by atoms with E-state index in [9.17, 15) is 4.79 Å². The van der Waals surface area contributed by atoms with Crippen molar-refractivity contribution in [1.82, 2.24) is 10.2 Å². The zero-order chi connectivity index (χ0) is 13.1. The molecule has 1 amide bonds. The average Bonchev–Trinajstić information content (AvgIpc) is 3.07. The zero-order valence-electron chi connectivity index (χ0n) is 10.2. The van der Waals surface area contributed by atoms with Crippen molar-refractivity contribution < 1.29 is 4.79 Å². The molecule has 0 saturated heterocycles. The van der Waals surface area contributed by atoms with Crippen molar-refractivity contribution in [2.24, 2.45) is 0 Å². The number of anilines is 1. The molecular formula is C14H13N3OS. The van der Waals surface area contributed by atoms with E-state index in [2.05, 4.69) is 21.6 Å². The lowest BCUT2D eigenvalue weighted by Gasteiger charge is -2.04. The van der Waals surface area contributed by atoms with E-state index in [-0.39, 0.29) is 5.91 Å². The number of aromatic nitrogens is 2. The minimum Gasteiger partial charge on any atom is -0.326 e. The van der Waals surface area contributed by atoms with Crippen LogP contribution in [0.15, 0.2) is 41.9 Å². The number of thiophene rings is 1. The first-order chi connectivity index (χ1) is 9.31. The van der Waals surface area contributed by atoms with Gasteiger partial charge in [0.25, 0.3) is 0 Å². The summed E-state index contributed by atoms with van der Waals surface area (Å²) in [4.78, 5) is 13.1. The summed E-state index contributed by atoms with van der Waals surface area (Å²) in [6.07, 6.45) is 3.04. The number of nitrogens with one attached hydrogen (secondary N) is 2. The van der Waals surface area contributed by atoms with Gasteiger partial charge in [-0.25, -0.2) is 0 Å². The molecule has 0 spiro atoms. The Labute approximate surface area is 114 Å². The quantitative estimate of drug-likeness (QED) is 0.765. The fraction of sp³-hybridized carbons (Fsp3) is 0.143. The third-order valence-electron chi connectivity index (χ3n) is 2.90. The lowest BCUT2D eigenvalue weighted by Crippen LogP contribution is -2.11. The van der Waals surface area contributed by atoms with Gasteiger partial charge in [0, 0.05) is 22.4 Å². The maximum absolute atomic E-state index is 11.9. The van der Waals surface area contributed by atoms with Crippen LogP contribution in [0.4, 0.5) is 5.69 Å². The topological polar surface area (TPSA) is 57.8 Å². The van der Waals surface area contributed by atoms with Crippen molar-refractivity contribution >= 4 is 33.8 Å². The van der Waals surface area contributed by atoms with Crippen LogP contribution in [-0.4, -0.2) is 16.1 Å². The molecule has 3 aromatic rings. The molecule has 0 aliphatic rings. The minimum atomic E-state index is 0.0382. The summed E-state index contributed by atoms with van der Waals surface area (Å²) < 4.78 is 0. The molecule has 5 heteroatoms. The van der Waals surface area contributed by atoms with Crippen LogP contribution in [0, 0.1) is 0 Å². The van der Waals surface area contributed by atoms with E-state index in [1.54, 1.807) is 17.5 Å². The van der Waals surface area contributed by atoms with Crippen molar-refractivity contribution in [2.45, 2.75) is 12.8 Å². The Kier molecular flexibility index (Phi) is 3.29. The third-order valence-corrected chi connectivity index (χ3v) is 3.84. The van der Waals surface area contributed by atoms with Gasteiger partial charge in [-0.3, -0.25) is 9.89 Å². The molecule has 0 atom stereocenters. The number of hydrogen-bond donors (Lipinski definition) is 2. The number of carbonyl (C=O) groups is 1. The average molecular weight is 271 g/mol. The van der Waals surface area contributed by atoms with E-state index in [1.807, 2.05) is 29.6 Å². The van der Waals surface area contributed by atoms with E-state index in [1.165, 1.54) is 4.88 Å². The van der Waals surface area contributed by atoms with E-state index in [0.717, 1.165) is 23.0 Å². The minimum absolute atomic E-state index is 0.0382. The molecule has 0 aliphatic heterocycles. The standard InChI is InChI=1S/C14H13N3OS/c18-14(6-4-12-2-1-7-19-12)16-11-3-5-13-10(8-11)9-15-17-13/h1-3,5,7-9H,4,6H2,(H,15,17)(H,16,18). The Morgan fingerprint density at radius 1 is 1.37 bits per heavy atom. The molecule has 1 aromatic carbocycles. The number of amides is 1. The number of fused-ring (bicyclic) bond motifs is 1.